The molecule has 8 rings (SSSR count). The van der Waals surface area contributed by atoms with Gasteiger partial charge in [0, 0.05) is 18.0 Å². The van der Waals surface area contributed by atoms with Gasteiger partial charge in [0.25, 0.3) is 0 Å². The van der Waals surface area contributed by atoms with Crippen molar-refractivity contribution in [1.82, 2.24) is 14.4 Å². The number of aryl methyl sites for hydroxylation is 1. The highest BCUT2D eigenvalue weighted by Gasteiger charge is 2.19. The summed E-state index contributed by atoms with van der Waals surface area (Å²) in [5, 5.41) is 0. The molecular formula is C39H29N3. The van der Waals surface area contributed by atoms with Crippen LogP contribution in [0, 0.1) is 0 Å². The summed E-state index contributed by atoms with van der Waals surface area (Å²) in [4.78, 5) is 9.61. The lowest BCUT2D eigenvalue weighted by Gasteiger charge is -2.20. The van der Waals surface area contributed by atoms with Gasteiger partial charge in [-0.2, -0.15) is 0 Å². The monoisotopic (exact) mass is 539 g/mol. The number of fused-ring (bicyclic) bond motifs is 3. The molecule has 0 radical (unpaired) electrons. The molecule has 3 aromatic carbocycles. The Morgan fingerprint density at radius 2 is 1.52 bits per heavy atom. The van der Waals surface area contributed by atoms with E-state index in [1.54, 1.807) is 0 Å². The molecule has 3 heterocycles. The molecule has 0 fully saturated rings. The third kappa shape index (κ3) is 4.31. The molecule has 3 heteroatoms. The van der Waals surface area contributed by atoms with E-state index in [1.807, 2.05) is 36.5 Å². The van der Waals surface area contributed by atoms with Crippen molar-refractivity contribution in [1.29, 1.82) is 0 Å². The molecule has 0 bridgehead atoms. The lowest BCUT2D eigenvalue weighted by Crippen LogP contribution is -2.03. The van der Waals surface area contributed by atoms with Gasteiger partial charge in [-0.15, -0.1) is 0 Å². The number of aromatic nitrogens is 3. The lowest BCUT2D eigenvalue weighted by molar-refractivity contribution is 0.984. The van der Waals surface area contributed by atoms with Gasteiger partial charge in [-0.25, -0.2) is 4.98 Å². The molecule has 3 nitrogen and oxygen atoms in total. The minimum atomic E-state index is 0.872. The van der Waals surface area contributed by atoms with E-state index in [2.05, 4.69) is 113 Å². The maximum atomic E-state index is 4.98. The maximum Gasteiger partial charge on any atom is 0.138 e. The Labute approximate surface area is 245 Å². The van der Waals surface area contributed by atoms with E-state index < -0.39 is 0 Å². The SMILES string of the molecule is C1=Cc2ccc(/C(=C3/C=Cc4ccccc4C3)c3ccc(-c4c(-c5ccccn5)nc5ccccn45)cc3)cc2CC1. The van der Waals surface area contributed by atoms with Crippen molar-refractivity contribution in [2.45, 2.75) is 19.3 Å². The zero-order valence-electron chi connectivity index (χ0n) is 23.2. The Balaban J connectivity index is 1.28. The summed E-state index contributed by atoms with van der Waals surface area (Å²) < 4.78 is 2.16. The van der Waals surface area contributed by atoms with E-state index in [0.29, 0.717) is 0 Å². The van der Waals surface area contributed by atoms with Gasteiger partial charge in [0.05, 0.1) is 11.4 Å². The molecule has 0 amide bonds. The molecule has 0 unspecified atom stereocenters. The normalized spacial score (nSPS) is 15.0. The van der Waals surface area contributed by atoms with E-state index in [1.165, 1.54) is 44.5 Å². The van der Waals surface area contributed by atoms with E-state index in [-0.39, 0.29) is 0 Å². The van der Waals surface area contributed by atoms with Gasteiger partial charge in [-0.05, 0) is 88.1 Å². The fourth-order valence-corrected chi connectivity index (χ4v) is 6.36. The fourth-order valence-electron chi connectivity index (χ4n) is 6.36. The first kappa shape index (κ1) is 24.5. The summed E-state index contributed by atoms with van der Waals surface area (Å²) in [6.45, 7) is 0. The van der Waals surface area contributed by atoms with Gasteiger partial charge in [-0.3, -0.25) is 9.38 Å². The van der Waals surface area contributed by atoms with Crippen molar-refractivity contribution in [3.05, 3.63) is 167 Å². The maximum absolute atomic E-state index is 4.98. The standard InChI is InChI=1S/C39H29N3/c1-3-11-31-25-33(21-15-27(31)9-1)37(34-22-16-28-10-2-4-12-32(28)26-34)29-17-19-30(20-18-29)39-38(35-13-5-7-23-40-35)41-36-14-6-8-24-42(36)39/h1-3,5-11,13-24,26H,4,12,25H2/b37-33-. The molecule has 0 atom stereocenters. The number of hydrogen-bond acceptors (Lipinski definition) is 2. The minimum Gasteiger partial charge on any atom is -0.299 e. The molecule has 0 aliphatic heterocycles. The number of rotatable bonds is 4. The second kappa shape index (κ2) is 10.3. The molecule has 42 heavy (non-hydrogen) atoms. The summed E-state index contributed by atoms with van der Waals surface area (Å²) in [5.41, 5.74) is 15.4. The first-order valence-corrected chi connectivity index (χ1v) is 14.6. The van der Waals surface area contributed by atoms with E-state index >= 15 is 0 Å². The topological polar surface area (TPSA) is 30.2 Å². The zero-order valence-corrected chi connectivity index (χ0v) is 23.2. The third-order valence-corrected chi connectivity index (χ3v) is 8.42. The van der Waals surface area contributed by atoms with Crippen molar-refractivity contribution in [3.63, 3.8) is 0 Å². The zero-order chi connectivity index (χ0) is 27.9. The second-order valence-electron chi connectivity index (χ2n) is 11.0. The highest BCUT2D eigenvalue weighted by molar-refractivity contribution is 5.88. The predicted molar refractivity (Wildman–Crippen MR) is 173 cm³/mol. The molecule has 200 valence electrons. The van der Waals surface area contributed by atoms with E-state index in [0.717, 1.165) is 47.6 Å². The number of nitrogens with zero attached hydrogens (tertiary/aromatic N) is 3. The first-order chi connectivity index (χ1) is 20.8. The van der Waals surface area contributed by atoms with Crippen molar-refractivity contribution in [2.24, 2.45) is 0 Å². The van der Waals surface area contributed by atoms with Gasteiger partial charge in [0.15, 0.2) is 0 Å². The van der Waals surface area contributed by atoms with Crippen LogP contribution >= 0.6 is 0 Å². The van der Waals surface area contributed by atoms with Crippen LogP contribution in [0.3, 0.4) is 0 Å². The average Bonchev–Trinajstić information content (AvgIpc) is 3.45. The molecule has 6 aromatic rings. The summed E-state index contributed by atoms with van der Waals surface area (Å²) in [5.74, 6) is 0. The molecule has 2 aliphatic carbocycles. The highest BCUT2D eigenvalue weighted by Crippen LogP contribution is 2.37. The number of hydrogen-bond donors (Lipinski definition) is 0. The quantitative estimate of drug-likeness (QED) is 0.224. The molecule has 0 N–H and O–H groups in total. The van der Waals surface area contributed by atoms with Crippen LogP contribution in [0.4, 0.5) is 0 Å². The van der Waals surface area contributed by atoms with Crippen molar-refractivity contribution >= 4 is 23.4 Å². The van der Waals surface area contributed by atoms with Crippen molar-refractivity contribution in [2.75, 3.05) is 0 Å². The highest BCUT2D eigenvalue weighted by atomic mass is 15.0. The summed E-state index contributed by atoms with van der Waals surface area (Å²) >= 11 is 0. The minimum absolute atomic E-state index is 0.872. The number of imidazole rings is 1. The van der Waals surface area contributed by atoms with Crippen LogP contribution in [-0.2, 0) is 12.8 Å². The van der Waals surface area contributed by atoms with Gasteiger partial charge < -0.3 is 0 Å². The smallest absolute Gasteiger partial charge is 0.138 e. The number of pyridine rings is 2. The molecule has 0 saturated carbocycles. The summed E-state index contributed by atoms with van der Waals surface area (Å²) in [6.07, 6.45) is 16.1. The van der Waals surface area contributed by atoms with Crippen LogP contribution in [0.25, 0.3) is 46.0 Å². The molecule has 3 aromatic heterocycles. The first-order valence-electron chi connectivity index (χ1n) is 14.6. The fraction of sp³-hybridized carbons (Fsp3) is 0.0769. The molecule has 0 spiro atoms. The Morgan fingerprint density at radius 3 is 2.43 bits per heavy atom. The van der Waals surface area contributed by atoms with Gasteiger partial charge in [0.1, 0.15) is 11.3 Å². The van der Waals surface area contributed by atoms with Crippen LogP contribution in [0.5, 0.6) is 0 Å². The predicted octanol–water partition coefficient (Wildman–Crippen LogP) is 9.09. The molecular weight excluding hydrogens is 510 g/mol. The number of benzene rings is 3. The second-order valence-corrected chi connectivity index (χ2v) is 11.0. The van der Waals surface area contributed by atoms with Crippen molar-refractivity contribution in [3.8, 4) is 22.6 Å². The Bertz CT molecular complexity index is 2040. The Kier molecular flexibility index (Phi) is 6.00. The number of allylic oxidation sites excluding steroid dienone is 3. The largest absolute Gasteiger partial charge is 0.299 e. The van der Waals surface area contributed by atoms with Crippen LogP contribution in [-0.4, -0.2) is 14.4 Å². The lowest BCUT2D eigenvalue weighted by atomic mass is 9.84. The van der Waals surface area contributed by atoms with Crippen LogP contribution in [0.1, 0.15) is 39.8 Å². The van der Waals surface area contributed by atoms with E-state index in [9.17, 15) is 0 Å². The van der Waals surface area contributed by atoms with E-state index in [4.69, 9.17) is 4.98 Å². The Morgan fingerprint density at radius 1 is 0.690 bits per heavy atom. The van der Waals surface area contributed by atoms with Crippen molar-refractivity contribution < 1.29 is 0 Å². The summed E-state index contributed by atoms with van der Waals surface area (Å²) in [6, 6.07) is 36.8. The molecule has 2 aliphatic rings. The third-order valence-electron chi connectivity index (χ3n) is 8.42. The Hall–Kier alpha value is -5.28. The average molecular weight is 540 g/mol. The summed E-state index contributed by atoms with van der Waals surface area (Å²) in [7, 11) is 0. The van der Waals surface area contributed by atoms with Crippen LogP contribution in [0.15, 0.2) is 133 Å². The van der Waals surface area contributed by atoms with Gasteiger partial charge >= 0.3 is 0 Å². The van der Waals surface area contributed by atoms with Gasteiger partial charge in [-0.1, -0.05) is 103 Å². The van der Waals surface area contributed by atoms with Gasteiger partial charge in [0.2, 0.25) is 0 Å². The molecule has 0 saturated heterocycles. The van der Waals surface area contributed by atoms with Crippen LogP contribution < -0.4 is 0 Å². The van der Waals surface area contributed by atoms with Crippen LogP contribution in [0.2, 0.25) is 0 Å².